The van der Waals surface area contributed by atoms with Crippen LogP contribution in [0.5, 0.6) is 0 Å². The fourth-order valence-corrected chi connectivity index (χ4v) is 4.70. The van der Waals surface area contributed by atoms with E-state index in [4.69, 9.17) is 27.9 Å². The van der Waals surface area contributed by atoms with Crippen molar-refractivity contribution < 1.29 is 46.2 Å². The van der Waals surface area contributed by atoms with E-state index in [1.807, 2.05) is 0 Å². The Balaban J connectivity index is 0.000000301. The largest absolute Gasteiger partial charge is 0.466 e. The first-order valence-corrected chi connectivity index (χ1v) is 15.7. The monoisotopic (exact) mass is 734 g/mol. The Bertz CT molecular complexity index is 1770. The van der Waals surface area contributed by atoms with Gasteiger partial charge in [-0.05, 0) is 62.2 Å². The Labute approximate surface area is 296 Å². The molecule has 0 saturated carbocycles. The Morgan fingerprint density at radius 2 is 1.28 bits per heavy atom. The van der Waals surface area contributed by atoms with Crippen LogP contribution in [0.25, 0.3) is 0 Å². The molecule has 0 aliphatic rings. The second-order valence-electron chi connectivity index (χ2n) is 9.85. The quantitative estimate of drug-likeness (QED) is 0.0468. The minimum absolute atomic E-state index is 0.00312. The van der Waals surface area contributed by atoms with Gasteiger partial charge in [0.05, 0.1) is 30.3 Å². The number of esters is 2. The number of benzene rings is 2. The molecule has 2 heterocycles. The van der Waals surface area contributed by atoms with E-state index in [1.54, 1.807) is 38.1 Å². The number of nitrogens with zero attached hydrogens (tertiary/aromatic N) is 2. The van der Waals surface area contributed by atoms with Crippen molar-refractivity contribution >= 4 is 46.7 Å². The number of Topliss-reactive ketones (excluding diaryl/α,β-unsaturated/α-hetero) is 2. The molecule has 0 bridgehead atoms. The van der Waals surface area contributed by atoms with E-state index in [2.05, 4.69) is 21.3 Å². The molecule has 2 aromatic carbocycles. The lowest BCUT2D eigenvalue weighted by Crippen LogP contribution is -2.19. The zero-order chi connectivity index (χ0) is 37.2. The van der Waals surface area contributed by atoms with Gasteiger partial charge in [0.15, 0.2) is 11.6 Å². The Kier molecular flexibility index (Phi) is 17.5. The van der Waals surface area contributed by atoms with Crippen LogP contribution in [-0.4, -0.2) is 46.7 Å². The van der Waals surface area contributed by atoms with Crippen molar-refractivity contribution in [2.75, 3.05) is 13.2 Å². The van der Waals surface area contributed by atoms with Gasteiger partial charge in [-0.25, -0.2) is 32.3 Å². The summed E-state index contributed by atoms with van der Waals surface area (Å²) >= 11 is 11.8. The van der Waals surface area contributed by atoms with E-state index in [9.17, 15) is 36.7 Å². The average Bonchev–Trinajstić information content (AvgIpc) is 3.07. The summed E-state index contributed by atoms with van der Waals surface area (Å²) in [7, 11) is 0. The van der Waals surface area contributed by atoms with Crippen LogP contribution >= 0.6 is 23.2 Å². The van der Waals surface area contributed by atoms with E-state index in [0.29, 0.717) is 17.7 Å². The predicted molar refractivity (Wildman–Crippen MR) is 179 cm³/mol. The second kappa shape index (κ2) is 21.2. The van der Waals surface area contributed by atoms with Crippen LogP contribution in [0.3, 0.4) is 0 Å². The Morgan fingerprint density at radius 3 is 1.76 bits per heavy atom. The van der Waals surface area contributed by atoms with Crippen molar-refractivity contribution in [3.8, 4) is 0 Å². The summed E-state index contributed by atoms with van der Waals surface area (Å²) < 4.78 is 64.1. The van der Waals surface area contributed by atoms with E-state index >= 15 is 0 Å². The fourth-order valence-electron chi connectivity index (χ4n) is 4.27. The lowest BCUT2D eigenvalue weighted by Gasteiger charge is -2.17. The number of halogens is 6. The number of rotatable bonds is 12. The van der Waals surface area contributed by atoms with Gasteiger partial charge in [0.1, 0.15) is 33.6 Å². The standard InChI is InChI=1S/C18H16ClF2NO3.C13H8ClF2NO.C5H8O2/c1-2-25-15(23)9-8-11(12-5-4-10-22-18(12)19)17(24)16-13(20)6-3-7-14(16)21;14-13-8(3-2-6-17-13)7-11(18)12-9(15)4-1-5-10(12)16;1-3-5(6)7-4-2/h3-7,10-11H,2,8-9H2,1H3;1-6H,7H2;3H,1,4H2,2H3. The van der Waals surface area contributed by atoms with Crippen LogP contribution in [0.2, 0.25) is 10.3 Å². The smallest absolute Gasteiger partial charge is 0.330 e. The number of carbonyl (C=O) groups excluding carboxylic acids is 4. The van der Waals surface area contributed by atoms with E-state index in [1.165, 1.54) is 24.5 Å². The highest BCUT2D eigenvalue weighted by atomic mass is 35.5. The topological polar surface area (TPSA) is 113 Å². The van der Waals surface area contributed by atoms with E-state index in [0.717, 1.165) is 30.3 Å². The summed E-state index contributed by atoms with van der Waals surface area (Å²) in [4.78, 5) is 54.0. The molecule has 0 aliphatic carbocycles. The number of pyridine rings is 2. The maximum absolute atomic E-state index is 14.0. The predicted octanol–water partition coefficient (Wildman–Crippen LogP) is 8.50. The van der Waals surface area contributed by atoms with Crippen LogP contribution in [0.15, 0.2) is 85.7 Å². The molecular formula is C36H32Cl2F4N2O6. The van der Waals surface area contributed by atoms with Gasteiger partial charge in [-0.3, -0.25) is 14.4 Å². The summed E-state index contributed by atoms with van der Waals surface area (Å²) in [5, 5.41) is 0.198. The van der Waals surface area contributed by atoms with Gasteiger partial charge in [0, 0.05) is 36.9 Å². The van der Waals surface area contributed by atoms with Gasteiger partial charge in [-0.2, -0.15) is 0 Å². The van der Waals surface area contributed by atoms with Crippen molar-refractivity contribution in [1.29, 1.82) is 0 Å². The summed E-state index contributed by atoms with van der Waals surface area (Å²) in [6.45, 7) is 7.24. The molecule has 0 fully saturated rings. The highest BCUT2D eigenvalue weighted by molar-refractivity contribution is 6.30. The van der Waals surface area contributed by atoms with Crippen molar-refractivity contribution in [1.82, 2.24) is 9.97 Å². The van der Waals surface area contributed by atoms with Crippen LogP contribution in [0.1, 0.15) is 64.4 Å². The van der Waals surface area contributed by atoms with E-state index < -0.39 is 57.8 Å². The normalized spacial score (nSPS) is 10.7. The third-order valence-electron chi connectivity index (χ3n) is 6.51. The average molecular weight is 736 g/mol. The molecule has 2 aromatic heterocycles. The second-order valence-corrected chi connectivity index (χ2v) is 10.6. The summed E-state index contributed by atoms with van der Waals surface area (Å²) in [6, 6.07) is 12.8. The highest BCUT2D eigenvalue weighted by Crippen LogP contribution is 2.32. The zero-order valence-electron chi connectivity index (χ0n) is 26.9. The summed E-state index contributed by atoms with van der Waals surface area (Å²) in [6.07, 6.45) is 3.76. The molecule has 0 amide bonds. The zero-order valence-corrected chi connectivity index (χ0v) is 28.4. The number of hydrogen-bond donors (Lipinski definition) is 0. The molecule has 0 N–H and O–H groups in total. The molecular weight excluding hydrogens is 703 g/mol. The highest BCUT2D eigenvalue weighted by Gasteiger charge is 2.29. The number of carbonyl (C=O) groups is 4. The molecule has 1 unspecified atom stereocenters. The lowest BCUT2D eigenvalue weighted by molar-refractivity contribution is -0.143. The molecule has 8 nitrogen and oxygen atoms in total. The molecule has 4 rings (SSSR count). The third-order valence-corrected chi connectivity index (χ3v) is 7.17. The van der Waals surface area contributed by atoms with Gasteiger partial charge in [0.2, 0.25) is 0 Å². The Morgan fingerprint density at radius 1 is 0.760 bits per heavy atom. The maximum atomic E-state index is 14.0. The molecule has 0 aliphatic heterocycles. The number of ketones is 2. The van der Waals surface area contributed by atoms with Gasteiger partial charge in [-0.15, -0.1) is 0 Å². The molecule has 264 valence electrons. The molecule has 0 saturated heterocycles. The molecule has 0 radical (unpaired) electrons. The van der Waals surface area contributed by atoms with Crippen molar-refractivity contribution in [3.63, 3.8) is 0 Å². The molecule has 0 spiro atoms. The molecule has 1 atom stereocenters. The van der Waals surface area contributed by atoms with Gasteiger partial charge < -0.3 is 9.47 Å². The van der Waals surface area contributed by atoms with Crippen LogP contribution in [0.4, 0.5) is 17.6 Å². The SMILES string of the molecule is C=CC(=O)OCC.CCOC(=O)CCC(C(=O)c1c(F)cccc1F)c1cccnc1Cl.O=C(Cc1cccnc1Cl)c1c(F)cccc1F. The van der Waals surface area contributed by atoms with Crippen LogP contribution < -0.4 is 0 Å². The van der Waals surface area contributed by atoms with Crippen molar-refractivity contribution in [3.05, 3.63) is 142 Å². The van der Waals surface area contributed by atoms with Gasteiger partial charge in [-0.1, -0.05) is 54.0 Å². The maximum Gasteiger partial charge on any atom is 0.330 e. The molecule has 50 heavy (non-hydrogen) atoms. The first kappa shape index (κ1) is 41.2. The third kappa shape index (κ3) is 12.5. The Hall–Kier alpha value is -4.94. The van der Waals surface area contributed by atoms with Crippen molar-refractivity contribution in [2.24, 2.45) is 0 Å². The van der Waals surface area contributed by atoms with Gasteiger partial charge in [0.25, 0.3) is 0 Å². The van der Waals surface area contributed by atoms with E-state index in [-0.39, 0.29) is 42.1 Å². The minimum atomic E-state index is -1.02. The first-order valence-electron chi connectivity index (χ1n) is 15.0. The first-order chi connectivity index (χ1) is 23.9. The minimum Gasteiger partial charge on any atom is -0.466 e. The summed E-state index contributed by atoms with van der Waals surface area (Å²) in [5.41, 5.74) is -0.457. The number of ether oxygens (including phenoxy) is 2. The molecule has 4 aromatic rings. The number of aromatic nitrogens is 2. The number of hydrogen-bond acceptors (Lipinski definition) is 8. The van der Waals surface area contributed by atoms with Crippen LogP contribution in [0, 0.1) is 23.3 Å². The lowest BCUT2D eigenvalue weighted by atomic mass is 9.87. The molecule has 14 heteroatoms. The van der Waals surface area contributed by atoms with Crippen molar-refractivity contribution in [2.45, 2.75) is 39.0 Å². The summed E-state index contributed by atoms with van der Waals surface area (Å²) in [5.74, 6) is -7.03. The van der Waals surface area contributed by atoms with Gasteiger partial charge >= 0.3 is 11.9 Å². The fraction of sp³-hybridized carbons (Fsp3) is 0.222. The van der Waals surface area contributed by atoms with Crippen LogP contribution in [-0.2, 0) is 25.5 Å².